The topological polar surface area (TPSA) is 513 Å². The van der Waals surface area contributed by atoms with Crippen LogP contribution in [0.25, 0.3) is 0 Å². The molecule has 0 bridgehead atoms. The molecule has 31 nitrogen and oxygen atoms in total. The number of nitrogens with one attached hydrogen (secondary N) is 10. The van der Waals surface area contributed by atoms with E-state index >= 15 is 0 Å². The fourth-order valence-corrected chi connectivity index (χ4v) is 10.9. The Morgan fingerprint density at radius 1 is 0.624 bits per heavy atom. The van der Waals surface area contributed by atoms with Crippen LogP contribution in [0.5, 0.6) is 5.75 Å². The van der Waals surface area contributed by atoms with Gasteiger partial charge in [0.25, 0.3) is 0 Å². The highest BCUT2D eigenvalue weighted by atomic mass is 33.1. The first-order valence-electron chi connectivity index (χ1n) is 27.0. The van der Waals surface area contributed by atoms with Crippen LogP contribution in [0.15, 0.2) is 54.6 Å². The van der Waals surface area contributed by atoms with Crippen molar-refractivity contribution in [3.05, 3.63) is 65.7 Å². The zero-order valence-corrected chi connectivity index (χ0v) is 48.0. The summed E-state index contributed by atoms with van der Waals surface area (Å²) in [5, 5.41) is 34.8. The molecule has 0 unspecified atom stereocenters. The molecule has 2 aliphatic heterocycles. The fraction of sp³-hybridized carbons (Fsp3) is 0.500. The van der Waals surface area contributed by atoms with Gasteiger partial charge in [-0.2, -0.15) is 0 Å². The molecule has 0 radical (unpaired) electrons. The van der Waals surface area contributed by atoms with Crippen molar-refractivity contribution in [2.24, 2.45) is 28.7 Å². The van der Waals surface area contributed by atoms with Crippen molar-refractivity contribution in [1.82, 2.24) is 58.1 Å². The predicted molar refractivity (Wildman–Crippen MR) is 308 cm³/mol. The van der Waals surface area contributed by atoms with Gasteiger partial charge in [0, 0.05) is 37.3 Å². The number of rotatable bonds is 25. The van der Waals surface area contributed by atoms with Crippen molar-refractivity contribution in [2.45, 2.75) is 113 Å². The van der Waals surface area contributed by atoms with Crippen LogP contribution in [0.2, 0.25) is 0 Å². The van der Waals surface area contributed by atoms with Crippen molar-refractivity contribution in [3.63, 3.8) is 0 Å². The van der Waals surface area contributed by atoms with Gasteiger partial charge in [0.05, 0.1) is 32.6 Å². The molecule has 85 heavy (non-hydrogen) atoms. The Labute approximate surface area is 496 Å². The van der Waals surface area contributed by atoms with Crippen LogP contribution in [-0.4, -0.2) is 192 Å². The van der Waals surface area contributed by atoms with Crippen LogP contribution in [0.4, 0.5) is 0 Å². The summed E-state index contributed by atoms with van der Waals surface area (Å²) in [6.07, 6.45) is -1.13. The van der Waals surface area contributed by atoms with Crippen LogP contribution in [0.1, 0.15) is 62.5 Å². The van der Waals surface area contributed by atoms with E-state index in [1.54, 1.807) is 30.3 Å². The third kappa shape index (κ3) is 24.3. The highest BCUT2D eigenvalue weighted by Crippen LogP contribution is 2.26. The van der Waals surface area contributed by atoms with Gasteiger partial charge >= 0.3 is 0 Å². The van der Waals surface area contributed by atoms with Gasteiger partial charge in [0.2, 0.25) is 82.7 Å². The number of unbranched alkanes of at least 4 members (excludes halogenated alkanes) is 1. The Morgan fingerprint density at radius 3 is 1.82 bits per heavy atom. The van der Waals surface area contributed by atoms with E-state index in [0.717, 1.165) is 26.5 Å². The maximum absolute atomic E-state index is 14.8. The molecule has 464 valence electrons. The molecule has 2 fully saturated rings. The maximum atomic E-state index is 14.8. The maximum Gasteiger partial charge on any atom is 0.246 e. The molecule has 2 heterocycles. The molecule has 0 aromatic heterocycles. The Bertz CT molecular complexity index is 2730. The SMILES string of the molecule is NCCCC[C@H](NC(=O)[C@@H]1CCCN1C(=O)[C@@H]1CSSC[C@@H](NC(=O)CNC(=O)CNC(=O)CN)C(=O)N[C@@H](Cc2ccc(O)cc2)C(=O)N[C@@H](Cc2ccccc2)C(=O)N[C@@H](CCC(N)=O)C(=O)N[C@@H](CC(N)=O)C(=O)N1)C(=O)NCC(N)=O. The lowest BCUT2D eigenvalue weighted by atomic mass is 10.0. The minimum absolute atomic E-state index is 0.0517. The van der Waals surface area contributed by atoms with Gasteiger partial charge in [-0.3, -0.25) is 67.1 Å². The van der Waals surface area contributed by atoms with Crippen molar-refractivity contribution in [2.75, 3.05) is 50.8 Å². The largest absolute Gasteiger partial charge is 0.508 e. The zero-order valence-electron chi connectivity index (χ0n) is 46.4. The number of benzene rings is 2. The molecular formula is C52H74N16O15S2. The molecule has 2 aromatic rings. The highest BCUT2D eigenvalue weighted by molar-refractivity contribution is 8.76. The lowest BCUT2D eigenvalue weighted by molar-refractivity contribution is -0.142. The van der Waals surface area contributed by atoms with E-state index in [0.29, 0.717) is 24.0 Å². The molecule has 2 aromatic carbocycles. The monoisotopic (exact) mass is 1230 g/mol. The fourth-order valence-electron chi connectivity index (χ4n) is 8.62. The number of aromatic hydroxyl groups is 1. The van der Waals surface area contributed by atoms with E-state index in [1.165, 1.54) is 24.3 Å². The highest BCUT2D eigenvalue weighted by Gasteiger charge is 2.41. The number of carbonyl (C=O) groups is 14. The minimum Gasteiger partial charge on any atom is -0.508 e. The molecule has 0 saturated carbocycles. The number of hydrogen-bond donors (Lipinski definition) is 16. The Balaban J connectivity index is 1.81. The summed E-state index contributed by atoms with van der Waals surface area (Å²) in [4.78, 5) is 190. The van der Waals surface area contributed by atoms with Crippen molar-refractivity contribution in [3.8, 4) is 5.75 Å². The third-order valence-electron chi connectivity index (χ3n) is 13.0. The van der Waals surface area contributed by atoms with Gasteiger partial charge in [-0.15, -0.1) is 0 Å². The van der Waals surface area contributed by atoms with E-state index in [4.69, 9.17) is 28.7 Å². The van der Waals surface area contributed by atoms with Crippen molar-refractivity contribution < 1.29 is 72.2 Å². The summed E-state index contributed by atoms with van der Waals surface area (Å²) < 4.78 is 0. The van der Waals surface area contributed by atoms with Crippen molar-refractivity contribution in [1.29, 1.82) is 0 Å². The molecule has 8 atom stereocenters. The lowest BCUT2D eigenvalue weighted by Crippen LogP contribution is -2.61. The van der Waals surface area contributed by atoms with E-state index in [1.807, 2.05) is 0 Å². The van der Waals surface area contributed by atoms with E-state index in [2.05, 4.69) is 53.2 Å². The normalized spacial score (nSPS) is 21.2. The minimum atomic E-state index is -1.87. The van der Waals surface area contributed by atoms with Gasteiger partial charge in [-0.05, 0) is 68.3 Å². The summed E-state index contributed by atoms with van der Waals surface area (Å²) >= 11 is 0. The van der Waals surface area contributed by atoms with Gasteiger partial charge in [0.1, 0.15) is 54.1 Å². The predicted octanol–water partition coefficient (Wildman–Crippen LogP) is -6.98. The second kappa shape index (κ2) is 35.5. The van der Waals surface area contributed by atoms with Gasteiger partial charge in [-0.25, -0.2) is 0 Å². The van der Waals surface area contributed by atoms with Gasteiger partial charge < -0.3 is 91.8 Å². The van der Waals surface area contributed by atoms with Gasteiger partial charge in [0.15, 0.2) is 0 Å². The summed E-state index contributed by atoms with van der Waals surface area (Å²) in [5.74, 6) is -13.8. The summed E-state index contributed by atoms with van der Waals surface area (Å²) in [5.41, 5.74) is 28.1. The molecule has 21 N–H and O–H groups in total. The standard InChI is InChI=1S/C52H74N16O15S2/c53-17-5-4-9-31(45(76)60-23-41(57)72)63-51(82)38-10-6-18-68(38)52(83)37-27-85-84-26-36(61-44(75)25-59-43(74)24-58-42(73)22-54)50(81)65-34(20-29-11-13-30(69)14-12-29)48(79)64-33(19-28-7-2-1-3-8-28)47(78)62-32(15-16-39(55)70)46(77)66-35(21-40(56)71)49(80)67-37/h1-3,7-8,11-14,31-38,69H,4-6,9-10,15-27,53-54H2,(H2,55,70)(H2,56,71)(H2,57,72)(H,58,73)(H,59,74)(H,60,76)(H,61,75)(H,62,78)(H,63,82)(H,64,79)(H,65,81)(H,66,77)(H,67,80)/t31-,32-,33-,34-,35-,36+,37-,38-/m0/s1. The van der Waals surface area contributed by atoms with E-state index in [9.17, 15) is 72.2 Å². The second-order valence-electron chi connectivity index (χ2n) is 19.7. The Morgan fingerprint density at radius 2 is 1.20 bits per heavy atom. The van der Waals surface area contributed by atoms with Crippen LogP contribution in [0, 0.1) is 0 Å². The average molecular weight is 1230 g/mol. The number of phenolic OH excluding ortho intramolecular Hbond substituents is 1. The molecular weight excluding hydrogens is 1150 g/mol. The first-order chi connectivity index (χ1) is 40.5. The average Bonchev–Trinajstić information content (AvgIpc) is 4.23. The molecule has 14 amide bonds. The molecule has 2 saturated heterocycles. The number of likely N-dealkylation sites (tertiary alicyclic amines) is 1. The number of phenols is 1. The molecule has 2 aliphatic rings. The molecule has 4 rings (SSSR count). The van der Waals surface area contributed by atoms with Gasteiger partial charge in [-0.1, -0.05) is 64.1 Å². The first kappa shape index (κ1) is 68.9. The number of nitrogens with zero attached hydrogens (tertiary/aromatic N) is 1. The molecule has 0 spiro atoms. The molecule has 0 aliphatic carbocycles. The van der Waals surface area contributed by atoms with Crippen molar-refractivity contribution >= 4 is 104 Å². The summed E-state index contributed by atoms with van der Waals surface area (Å²) in [7, 11) is 1.73. The van der Waals surface area contributed by atoms with Crippen LogP contribution in [0.3, 0.4) is 0 Å². The zero-order chi connectivity index (χ0) is 62.6. The first-order valence-corrected chi connectivity index (χ1v) is 29.5. The Kier molecular flexibility index (Phi) is 28.8. The number of hydrogen-bond acceptors (Lipinski definition) is 19. The van der Waals surface area contributed by atoms with Crippen LogP contribution < -0.4 is 81.8 Å². The van der Waals surface area contributed by atoms with Crippen LogP contribution in [-0.2, 0) is 80.0 Å². The summed E-state index contributed by atoms with van der Waals surface area (Å²) in [6, 6.07) is 1.48. The van der Waals surface area contributed by atoms with E-state index in [-0.39, 0.29) is 56.7 Å². The third-order valence-corrected chi connectivity index (χ3v) is 15.4. The number of primary amides is 3. The summed E-state index contributed by atoms with van der Waals surface area (Å²) in [6.45, 7) is -2.01. The molecule has 33 heteroatoms. The van der Waals surface area contributed by atoms with Crippen LogP contribution >= 0.6 is 21.6 Å². The number of carbonyl (C=O) groups excluding carboxylic acids is 14. The smallest absolute Gasteiger partial charge is 0.246 e. The number of amides is 14. The quantitative estimate of drug-likeness (QED) is 0.0324. The lowest BCUT2D eigenvalue weighted by Gasteiger charge is -2.31. The second-order valence-corrected chi connectivity index (χ2v) is 22.3. The Hall–Kier alpha value is -8.56. The number of nitrogens with two attached hydrogens (primary N) is 5. The van der Waals surface area contributed by atoms with E-state index < -0.39 is 182 Å².